The molecule has 0 unspecified atom stereocenters. The van der Waals surface area contributed by atoms with Crippen LogP contribution in [0.4, 0.5) is 0 Å². The molecule has 1 aliphatic heterocycles. The summed E-state index contributed by atoms with van der Waals surface area (Å²) >= 11 is 3.49. The highest BCUT2D eigenvalue weighted by Gasteiger charge is 2.33. The number of ether oxygens (including phenoxy) is 1. The number of aliphatic hydroxyl groups is 1. The van der Waals surface area contributed by atoms with E-state index >= 15 is 0 Å². The Morgan fingerprint density at radius 2 is 2.06 bits per heavy atom. The summed E-state index contributed by atoms with van der Waals surface area (Å²) < 4.78 is 6.14. The van der Waals surface area contributed by atoms with E-state index in [0.717, 1.165) is 41.7 Å². The number of halogens is 1. The Hall–Kier alpha value is -0.580. The van der Waals surface area contributed by atoms with Crippen molar-refractivity contribution in [3.05, 3.63) is 28.2 Å². The Balaban J connectivity index is 2.37. The lowest BCUT2D eigenvalue weighted by Gasteiger charge is -2.33. The number of piperidine rings is 1. The van der Waals surface area contributed by atoms with Gasteiger partial charge in [-0.15, -0.1) is 0 Å². The maximum atomic E-state index is 10.6. The van der Waals surface area contributed by atoms with Crippen molar-refractivity contribution in [1.82, 2.24) is 5.32 Å². The molecule has 1 aromatic rings. The van der Waals surface area contributed by atoms with Gasteiger partial charge in [0.05, 0.1) is 12.7 Å². The van der Waals surface area contributed by atoms with Gasteiger partial charge in [-0.05, 0) is 44.1 Å². The number of hydrogen-bond donors (Lipinski definition) is 2. The largest absolute Gasteiger partial charge is 0.497 e. The summed E-state index contributed by atoms with van der Waals surface area (Å²) in [7, 11) is 1.64. The van der Waals surface area contributed by atoms with E-state index in [-0.39, 0.29) is 0 Å². The third kappa shape index (κ3) is 2.24. The topological polar surface area (TPSA) is 41.5 Å². The van der Waals surface area contributed by atoms with Crippen LogP contribution in [0, 0.1) is 0 Å². The van der Waals surface area contributed by atoms with Gasteiger partial charge >= 0.3 is 0 Å². The number of rotatable bonds is 2. The molecule has 2 rings (SSSR count). The normalized spacial score (nSPS) is 19.4. The zero-order valence-corrected chi connectivity index (χ0v) is 10.9. The quantitative estimate of drug-likeness (QED) is 0.874. The lowest BCUT2D eigenvalue weighted by molar-refractivity contribution is 0.00510. The van der Waals surface area contributed by atoms with Crippen LogP contribution in [0.5, 0.6) is 5.75 Å². The molecule has 4 heteroatoms. The van der Waals surface area contributed by atoms with Gasteiger partial charge in [-0.25, -0.2) is 0 Å². The van der Waals surface area contributed by atoms with E-state index in [4.69, 9.17) is 4.74 Å². The van der Waals surface area contributed by atoms with E-state index in [0.29, 0.717) is 0 Å². The molecular weight excluding hydrogens is 270 g/mol. The van der Waals surface area contributed by atoms with Crippen molar-refractivity contribution in [2.75, 3.05) is 20.2 Å². The average molecular weight is 286 g/mol. The minimum atomic E-state index is -0.737. The number of methoxy groups -OCH3 is 1. The fourth-order valence-electron chi connectivity index (χ4n) is 2.10. The monoisotopic (exact) mass is 285 g/mol. The molecule has 2 N–H and O–H groups in total. The molecule has 0 bridgehead atoms. The predicted molar refractivity (Wildman–Crippen MR) is 66.7 cm³/mol. The van der Waals surface area contributed by atoms with Crippen molar-refractivity contribution >= 4 is 15.9 Å². The summed E-state index contributed by atoms with van der Waals surface area (Å²) in [5.41, 5.74) is 0.187. The Bertz CT molecular complexity index is 375. The van der Waals surface area contributed by atoms with Gasteiger partial charge in [-0.3, -0.25) is 0 Å². The van der Waals surface area contributed by atoms with Crippen molar-refractivity contribution in [2.45, 2.75) is 18.4 Å². The molecule has 0 aromatic heterocycles. The SMILES string of the molecule is COc1ccc(Br)c(C2(O)CCNCC2)c1. The molecule has 1 aromatic carbocycles. The zero-order valence-electron chi connectivity index (χ0n) is 9.29. The molecule has 1 heterocycles. The van der Waals surface area contributed by atoms with Gasteiger partial charge < -0.3 is 15.2 Å². The van der Waals surface area contributed by atoms with Crippen molar-refractivity contribution in [2.24, 2.45) is 0 Å². The van der Waals surface area contributed by atoms with Crippen LogP contribution in [-0.2, 0) is 5.60 Å². The van der Waals surface area contributed by atoms with Crippen molar-refractivity contribution in [3.8, 4) is 5.75 Å². The van der Waals surface area contributed by atoms with E-state index < -0.39 is 5.60 Å². The van der Waals surface area contributed by atoms with Crippen LogP contribution in [0.1, 0.15) is 18.4 Å². The molecule has 0 amide bonds. The second-order valence-electron chi connectivity index (χ2n) is 4.13. The lowest BCUT2D eigenvalue weighted by atomic mass is 9.85. The molecule has 1 saturated heterocycles. The lowest BCUT2D eigenvalue weighted by Crippen LogP contribution is -2.39. The molecule has 0 radical (unpaired) electrons. The van der Waals surface area contributed by atoms with Gasteiger partial charge in [0.2, 0.25) is 0 Å². The van der Waals surface area contributed by atoms with E-state index in [9.17, 15) is 5.11 Å². The summed E-state index contributed by atoms with van der Waals surface area (Å²) in [4.78, 5) is 0. The van der Waals surface area contributed by atoms with Crippen LogP contribution in [-0.4, -0.2) is 25.3 Å². The van der Waals surface area contributed by atoms with E-state index in [1.165, 1.54) is 0 Å². The fourth-order valence-corrected chi connectivity index (χ4v) is 2.71. The number of benzene rings is 1. The van der Waals surface area contributed by atoms with Gasteiger partial charge in [0.1, 0.15) is 5.75 Å². The van der Waals surface area contributed by atoms with E-state index in [2.05, 4.69) is 21.2 Å². The van der Waals surface area contributed by atoms with Crippen molar-refractivity contribution in [3.63, 3.8) is 0 Å². The molecule has 88 valence electrons. The van der Waals surface area contributed by atoms with Gasteiger partial charge in [0, 0.05) is 10.0 Å². The first-order chi connectivity index (χ1) is 7.65. The average Bonchev–Trinajstić information content (AvgIpc) is 2.30. The summed E-state index contributed by atoms with van der Waals surface area (Å²) in [6, 6.07) is 5.72. The zero-order chi connectivity index (χ0) is 11.6. The molecule has 3 nitrogen and oxygen atoms in total. The number of nitrogens with one attached hydrogen (secondary N) is 1. The fraction of sp³-hybridized carbons (Fsp3) is 0.500. The first-order valence-electron chi connectivity index (χ1n) is 5.43. The number of hydrogen-bond acceptors (Lipinski definition) is 3. The molecule has 16 heavy (non-hydrogen) atoms. The molecule has 0 aliphatic carbocycles. The second kappa shape index (κ2) is 4.73. The highest BCUT2D eigenvalue weighted by Crippen LogP contribution is 2.37. The minimum absolute atomic E-state index is 0.735. The predicted octanol–water partition coefficient (Wildman–Crippen LogP) is 2.03. The summed E-state index contributed by atoms with van der Waals surface area (Å²) in [6.45, 7) is 1.69. The van der Waals surface area contributed by atoms with Crippen LogP contribution in [0.15, 0.2) is 22.7 Å². The third-order valence-electron chi connectivity index (χ3n) is 3.11. The highest BCUT2D eigenvalue weighted by molar-refractivity contribution is 9.10. The first kappa shape index (κ1) is 11.9. The third-order valence-corrected chi connectivity index (χ3v) is 3.80. The maximum absolute atomic E-state index is 10.6. The van der Waals surface area contributed by atoms with Gasteiger partial charge in [-0.2, -0.15) is 0 Å². The molecule has 1 fully saturated rings. The Morgan fingerprint density at radius 1 is 1.38 bits per heavy atom. The summed E-state index contributed by atoms with van der Waals surface area (Å²) in [5.74, 6) is 0.783. The van der Waals surface area contributed by atoms with Gasteiger partial charge in [0.15, 0.2) is 0 Å². The molecular formula is C12H16BrNO2. The molecule has 0 saturated carbocycles. The molecule has 0 atom stereocenters. The van der Waals surface area contributed by atoms with Crippen LogP contribution in [0.25, 0.3) is 0 Å². The molecule has 1 aliphatic rings. The van der Waals surface area contributed by atoms with Crippen LogP contribution in [0.3, 0.4) is 0 Å². The van der Waals surface area contributed by atoms with Crippen molar-refractivity contribution in [1.29, 1.82) is 0 Å². The van der Waals surface area contributed by atoms with E-state index in [1.807, 2.05) is 18.2 Å². The maximum Gasteiger partial charge on any atom is 0.119 e. The van der Waals surface area contributed by atoms with Gasteiger partial charge in [0.25, 0.3) is 0 Å². The van der Waals surface area contributed by atoms with Crippen LogP contribution >= 0.6 is 15.9 Å². The van der Waals surface area contributed by atoms with Crippen molar-refractivity contribution < 1.29 is 9.84 Å². The summed E-state index contributed by atoms with van der Waals surface area (Å²) in [5, 5.41) is 13.9. The summed E-state index contributed by atoms with van der Waals surface area (Å²) in [6.07, 6.45) is 1.47. The smallest absolute Gasteiger partial charge is 0.119 e. The Kier molecular flexibility index (Phi) is 3.52. The second-order valence-corrected chi connectivity index (χ2v) is 4.98. The standard InChI is InChI=1S/C12H16BrNO2/c1-16-9-2-3-11(13)10(8-9)12(15)4-6-14-7-5-12/h2-3,8,14-15H,4-7H2,1H3. The molecule has 0 spiro atoms. The minimum Gasteiger partial charge on any atom is -0.497 e. The Labute approximate surface area is 104 Å². The highest BCUT2D eigenvalue weighted by atomic mass is 79.9. The first-order valence-corrected chi connectivity index (χ1v) is 6.22. The van der Waals surface area contributed by atoms with Crippen LogP contribution in [0.2, 0.25) is 0 Å². The van der Waals surface area contributed by atoms with E-state index in [1.54, 1.807) is 7.11 Å². The Morgan fingerprint density at radius 3 is 2.69 bits per heavy atom. The van der Waals surface area contributed by atoms with Crippen LogP contribution < -0.4 is 10.1 Å². The van der Waals surface area contributed by atoms with Gasteiger partial charge in [-0.1, -0.05) is 15.9 Å².